The van der Waals surface area contributed by atoms with Crippen molar-refractivity contribution in [2.75, 3.05) is 0 Å². The van der Waals surface area contributed by atoms with E-state index in [4.69, 9.17) is 10.7 Å². The quantitative estimate of drug-likeness (QED) is 0.829. The van der Waals surface area contributed by atoms with Crippen molar-refractivity contribution in [3.8, 4) is 0 Å². The van der Waals surface area contributed by atoms with Crippen LogP contribution in [0.4, 0.5) is 0 Å². The second kappa shape index (κ2) is 4.33. The lowest BCUT2D eigenvalue weighted by Gasteiger charge is -2.24. The Morgan fingerprint density at radius 1 is 1.31 bits per heavy atom. The molecule has 16 heavy (non-hydrogen) atoms. The van der Waals surface area contributed by atoms with Gasteiger partial charge < -0.3 is 0 Å². The monoisotopic (exact) mass is 263 g/mol. The number of hydrogen-bond acceptors (Lipinski definition) is 4. The SMILES string of the molecule is CC1CCC(c2nc(S(=O)(=O)Cl)n[nH]2)CC1. The molecule has 2 rings (SSSR count). The molecular formula is C9H14ClN3O2S. The predicted molar refractivity (Wildman–Crippen MR) is 59.8 cm³/mol. The minimum Gasteiger partial charge on any atom is -0.262 e. The fraction of sp³-hybridized carbons (Fsp3) is 0.778. The highest BCUT2D eigenvalue weighted by molar-refractivity contribution is 8.13. The van der Waals surface area contributed by atoms with Crippen molar-refractivity contribution < 1.29 is 8.42 Å². The van der Waals surface area contributed by atoms with E-state index in [9.17, 15) is 8.42 Å². The Bertz CT molecular complexity index is 463. The van der Waals surface area contributed by atoms with Gasteiger partial charge in [-0.3, -0.25) is 5.10 Å². The summed E-state index contributed by atoms with van der Waals surface area (Å²) < 4.78 is 22.0. The molecule has 5 nitrogen and oxygen atoms in total. The topological polar surface area (TPSA) is 75.7 Å². The summed E-state index contributed by atoms with van der Waals surface area (Å²) in [7, 11) is 1.35. The first-order chi connectivity index (χ1) is 7.47. The van der Waals surface area contributed by atoms with Gasteiger partial charge in [-0.1, -0.05) is 19.8 Å². The highest BCUT2D eigenvalue weighted by atomic mass is 35.7. The Morgan fingerprint density at radius 3 is 2.44 bits per heavy atom. The Morgan fingerprint density at radius 2 is 1.94 bits per heavy atom. The summed E-state index contributed by atoms with van der Waals surface area (Å²) in [6.07, 6.45) is 4.35. The molecule has 0 saturated heterocycles. The van der Waals surface area contributed by atoms with Crippen LogP contribution in [-0.4, -0.2) is 23.6 Å². The molecule has 1 aliphatic carbocycles. The molecule has 1 aromatic rings. The van der Waals surface area contributed by atoms with Gasteiger partial charge in [-0.25, -0.2) is 13.4 Å². The van der Waals surface area contributed by atoms with Gasteiger partial charge in [0.1, 0.15) is 5.82 Å². The average Bonchev–Trinajstić information content (AvgIpc) is 2.67. The molecule has 0 amide bonds. The van der Waals surface area contributed by atoms with E-state index < -0.39 is 9.05 Å². The van der Waals surface area contributed by atoms with E-state index in [2.05, 4.69) is 22.1 Å². The Balaban J connectivity index is 2.14. The molecule has 0 unspecified atom stereocenters. The zero-order valence-corrected chi connectivity index (χ0v) is 10.6. The summed E-state index contributed by atoms with van der Waals surface area (Å²) in [5, 5.41) is 5.98. The molecule has 0 radical (unpaired) electrons. The third kappa shape index (κ3) is 2.55. The van der Waals surface area contributed by atoms with Crippen LogP contribution in [0.25, 0.3) is 0 Å². The van der Waals surface area contributed by atoms with Gasteiger partial charge in [-0.2, -0.15) is 0 Å². The number of aromatic nitrogens is 3. The summed E-state index contributed by atoms with van der Waals surface area (Å²) in [6, 6.07) is 0. The smallest absolute Gasteiger partial charge is 0.262 e. The molecule has 1 aliphatic rings. The lowest BCUT2D eigenvalue weighted by molar-refractivity contribution is 0.340. The third-order valence-corrected chi connectivity index (χ3v) is 4.14. The number of H-pyrrole nitrogens is 1. The summed E-state index contributed by atoms with van der Waals surface area (Å²) in [5.74, 6) is 1.68. The molecule has 0 atom stereocenters. The van der Waals surface area contributed by atoms with Crippen LogP contribution in [0.5, 0.6) is 0 Å². The van der Waals surface area contributed by atoms with Gasteiger partial charge in [-0.15, -0.1) is 5.10 Å². The van der Waals surface area contributed by atoms with E-state index >= 15 is 0 Å². The largest absolute Gasteiger partial charge is 0.298 e. The van der Waals surface area contributed by atoms with Crippen LogP contribution in [-0.2, 0) is 9.05 Å². The lowest BCUT2D eigenvalue weighted by Crippen LogP contribution is -2.12. The zero-order valence-electron chi connectivity index (χ0n) is 8.98. The van der Waals surface area contributed by atoms with E-state index in [-0.39, 0.29) is 11.1 Å². The number of halogens is 1. The summed E-state index contributed by atoms with van der Waals surface area (Å²) >= 11 is 0. The van der Waals surface area contributed by atoms with Crippen molar-refractivity contribution in [1.29, 1.82) is 0 Å². The third-order valence-electron chi connectivity index (χ3n) is 3.10. The van der Waals surface area contributed by atoms with E-state index in [1.54, 1.807) is 0 Å². The van der Waals surface area contributed by atoms with Crippen molar-refractivity contribution in [3.05, 3.63) is 5.82 Å². The fourth-order valence-electron chi connectivity index (χ4n) is 2.08. The van der Waals surface area contributed by atoms with E-state index in [0.717, 1.165) is 31.6 Å². The number of nitrogens with zero attached hydrogens (tertiary/aromatic N) is 2. The predicted octanol–water partition coefficient (Wildman–Crippen LogP) is 2.03. The normalized spacial score (nSPS) is 26.9. The van der Waals surface area contributed by atoms with Gasteiger partial charge >= 0.3 is 0 Å². The lowest BCUT2D eigenvalue weighted by atomic mass is 9.83. The van der Waals surface area contributed by atoms with Gasteiger partial charge in [0.15, 0.2) is 0 Å². The maximum Gasteiger partial charge on any atom is 0.298 e. The van der Waals surface area contributed by atoms with Crippen LogP contribution in [0.1, 0.15) is 44.3 Å². The van der Waals surface area contributed by atoms with E-state index in [0.29, 0.717) is 5.82 Å². The van der Waals surface area contributed by atoms with E-state index in [1.807, 2.05) is 0 Å². The fourth-order valence-corrected chi connectivity index (χ4v) is 2.65. The number of rotatable bonds is 2. The summed E-state index contributed by atoms with van der Waals surface area (Å²) in [4.78, 5) is 3.94. The minimum absolute atomic E-state index is 0.288. The highest BCUT2D eigenvalue weighted by Gasteiger charge is 2.25. The van der Waals surface area contributed by atoms with Crippen LogP contribution in [0.15, 0.2) is 5.16 Å². The van der Waals surface area contributed by atoms with Crippen molar-refractivity contribution >= 4 is 19.7 Å². The second-order valence-electron chi connectivity index (χ2n) is 4.40. The first-order valence-corrected chi connectivity index (χ1v) is 7.64. The van der Waals surface area contributed by atoms with Crippen molar-refractivity contribution in [1.82, 2.24) is 15.2 Å². The second-order valence-corrected chi connectivity index (χ2v) is 6.86. The molecule has 7 heteroatoms. The van der Waals surface area contributed by atoms with Crippen LogP contribution < -0.4 is 0 Å². The minimum atomic E-state index is -3.81. The van der Waals surface area contributed by atoms with Crippen LogP contribution in [0, 0.1) is 5.92 Å². The van der Waals surface area contributed by atoms with Crippen LogP contribution in [0.3, 0.4) is 0 Å². The van der Waals surface area contributed by atoms with Crippen molar-refractivity contribution in [2.45, 2.75) is 43.7 Å². The summed E-state index contributed by atoms with van der Waals surface area (Å²) in [5.41, 5.74) is 0. The standard InChI is InChI=1S/C9H14ClN3O2S/c1-6-2-4-7(5-3-6)8-11-9(13-12-8)16(10,14)15/h6-7H,2-5H2,1H3,(H,11,12,13). The molecule has 0 aromatic carbocycles. The van der Waals surface area contributed by atoms with E-state index in [1.165, 1.54) is 0 Å². The van der Waals surface area contributed by atoms with Gasteiger partial charge in [-0.05, 0) is 18.8 Å². The zero-order chi connectivity index (χ0) is 11.8. The average molecular weight is 264 g/mol. The Hall–Kier alpha value is -0.620. The number of aromatic amines is 1. The molecule has 1 saturated carbocycles. The summed E-state index contributed by atoms with van der Waals surface area (Å²) in [6.45, 7) is 2.23. The van der Waals surface area contributed by atoms with Crippen molar-refractivity contribution in [2.24, 2.45) is 5.92 Å². The molecule has 1 fully saturated rings. The molecule has 90 valence electrons. The highest BCUT2D eigenvalue weighted by Crippen LogP contribution is 2.34. The van der Waals surface area contributed by atoms with Gasteiger partial charge in [0.05, 0.1) is 0 Å². The Labute approximate surface area is 99.0 Å². The number of hydrogen-bond donors (Lipinski definition) is 1. The van der Waals surface area contributed by atoms with Gasteiger partial charge in [0, 0.05) is 16.6 Å². The molecule has 1 N–H and O–H groups in total. The van der Waals surface area contributed by atoms with Crippen LogP contribution >= 0.6 is 10.7 Å². The van der Waals surface area contributed by atoms with Crippen LogP contribution in [0.2, 0.25) is 0 Å². The van der Waals surface area contributed by atoms with Gasteiger partial charge in [0.2, 0.25) is 0 Å². The first-order valence-electron chi connectivity index (χ1n) is 5.34. The Kier molecular flexibility index (Phi) is 3.21. The first kappa shape index (κ1) is 11.9. The molecule has 1 aromatic heterocycles. The number of nitrogens with one attached hydrogen (secondary N) is 1. The maximum absolute atomic E-state index is 11.0. The maximum atomic E-state index is 11.0. The molecule has 0 bridgehead atoms. The molecule has 0 aliphatic heterocycles. The molecule has 0 spiro atoms. The van der Waals surface area contributed by atoms with Crippen molar-refractivity contribution in [3.63, 3.8) is 0 Å². The molecule has 1 heterocycles. The van der Waals surface area contributed by atoms with Gasteiger partial charge in [0.25, 0.3) is 14.2 Å². The molecular weight excluding hydrogens is 250 g/mol.